The van der Waals surface area contributed by atoms with E-state index in [9.17, 15) is 4.79 Å². The zero-order valence-corrected chi connectivity index (χ0v) is 12.0. The number of hydrogen-bond acceptors (Lipinski definition) is 5. The lowest BCUT2D eigenvalue weighted by Crippen LogP contribution is -1.95. The van der Waals surface area contributed by atoms with E-state index in [1.807, 2.05) is 6.07 Å². The summed E-state index contributed by atoms with van der Waals surface area (Å²) in [4.78, 5) is 14.9. The van der Waals surface area contributed by atoms with Gasteiger partial charge in [-0.3, -0.25) is 4.79 Å². The summed E-state index contributed by atoms with van der Waals surface area (Å²) in [6.07, 6.45) is 0.726. The molecule has 100 valence electrons. The van der Waals surface area contributed by atoms with E-state index in [-0.39, 0.29) is 11.8 Å². The predicted octanol–water partition coefficient (Wildman–Crippen LogP) is 3.33. The number of carbonyl (C=O) groups is 1. The fraction of sp³-hybridized carbons (Fsp3) is 0.0714. The third-order valence-electron chi connectivity index (χ3n) is 2.47. The number of benzene rings is 1. The van der Waals surface area contributed by atoms with Crippen molar-refractivity contribution < 1.29 is 14.3 Å². The highest BCUT2D eigenvalue weighted by Crippen LogP contribution is 2.27. The van der Waals surface area contributed by atoms with Gasteiger partial charge in [-0.25, -0.2) is 0 Å². The van der Waals surface area contributed by atoms with Crippen molar-refractivity contribution in [2.45, 2.75) is 0 Å². The van der Waals surface area contributed by atoms with Crippen LogP contribution in [0.3, 0.4) is 0 Å². The lowest BCUT2D eigenvalue weighted by atomic mass is 10.2. The summed E-state index contributed by atoms with van der Waals surface area (Å²) < 4.78 is 11.2. The van der Waals surface area contributed by atoms with Crippen molar-refractivity contribution in [1.82, 2.24) is 4.98 Å². The zero-order chi connectivity index (χ0) is 14.5. The molecule has 2 rings (SSSR count). The number of rotatable bonds is 4. The Balaban J connectivity index is 2.31. The molecule has 0 N–H and O–H groups in total. The molecule has 0 saturated carbocycles. The molecule has 0 atom stereocenters. The maximum absolute atomic E-state index is 10.9. The molecule has 2 aromatic rings. The number of methoxy groups -OCH3 is 1. The minimum atomic E-state index is 0.192. The summed E-state index contributed by atoms with van der Waals surface area (Å²) in [6.45, 7) is 0. The summed E-state index contributed by atoms with van der Waals surface area (Å²) in [5.41, 5.74) is 0.798. The first-order valence-electron chi connectivity index (χ1n) is 5.55. The van der Waals surface area contributed by atoms with Gasteiger partial charge in [0, 0.05) is 16.1 Å². The van der Waals surface area contributed by atoms with Gasteiger partial charge >= 0.3 is 0 Å². The van der Waals surface area contributed by atoms with E-state index in [0.29, 0.717) is 21.3 Å². The molecule has 0 aliphatic heterocycles. The fourth-order valence-electron chi connectivity index (χ4n) is 1.52. The van der Waals surface area contributed by atoms with E-state index in [2.05, 4.69) is 20.9 Å². The Bertz CT molecular complexity index is 695. The van der Waals surface area contributed by atoms with Crippen LogP contribution in [0.2, 0.25) is 0 Å². The molecule has 0 radical (unpaired) electrons. The Morgan fingerprint density at radius 3 is 2.80 bits per heavy atom. The molecule has 0 amide bonds. The number of hydrogen-bond donors (Lipinski definition) is 0. The van der Waals surface area contributed by atoms with Gasteiger partial charge in [0.2, 0.25) is 11.8 Å². The number of pyridine rings is 1. The summed E-state index contributed by atoms with van der Waals surface area (Å²) in [6, 6.07) is 10.1. The van der Waals surface area contributed by atoms with Crippen LogP contribution in [0.25, 0.3) is 0 Å². The Labute approximate surface area is 123 Å². The van der Waals surface area contributed by atoms with Crippen molar-refractivity contribution in [1.29, 1.82) is 5.26 Å². The van der Waals surface area contributed by atoms with Gasteiger partial charge in [-0.1, -0.05) is 15.9 Å². The molecule has 0 aliphatic carbocycles. The second-order valence-corrected chi connectivity index (χ2v) is 4.58. The first-order chi connectivity index (χ1) is 9.67. The number of halogens is 1. The minimum Gasteiger partial charge on any atom is -0.480 e. The monoisotopic (exact) mass is 332 g/mol. The molecule has 0 spiro atoms. The lowest BCUT2D eigenvalue weighted by molar-refractivity contribution is 0.112. The topological polar surface area (TPSA) is 72.2 Å². The standard InChI is InChI=1S/C14H9BrN2O3/c1-19-14-9(7-16)2-5-13(17-14)20-11-3-4-12(15)10(6-11)8-18/h2-6,8H,1H3. The Morgan fingerprint density at radius 1 is 1.35 bits per heavy atom. The maximum Gasteiger partial charge on any atom is 0.234 e. The Kier molecular flexibility index (Phi) is 4.33. The summed E-state index contributed by atoms with van der Waals surface area (Å²) in [5, 5.41) is 8.87. The molecule has 6 heteroatoms. The number of carbonyl (C=O) groups excluding carboxylic acids is 1. The lowest BCUT2D eigenvalue weighted by Gasteiger charge is -2.08. The Hall–Kier alpha value is -2.39. The van der Waals surface area contributed by atoms with Crippen molar-refractivity contribution in [3.63, 3.8) is 0 Å². The van der Waals surface area contributed by atoms with E-state index < -0.39 is 0 Å². The molecule has 0 fully saturated rings. The average molecular weight is 333 g/mol. The molecular formula is C14H9BrN2O3. The molecule has 1 aromatic heterocycles. The van der Waals surface area contributed by atoms with Gasteiger partial charge < -0.3 is 9.47 Å². The van der Waals surface area contributed by atoms with Gasteiger partial charge in [0.1, 0.15) is 17.4 Å². The van der Waals surface area contributed by atoms with E-state index in [4.69, 9.17) is 14.7 Å². The van der Waals surface area contributed by atoms with E-state index in [1.54, 1.807) is 30.3 Å². The van der Waals surface area contributed by atoms with Crippen LogP contribution in [0.1, 0.15) is 15.9 Å². The number of ether oxygens (including phenoxy) is 2. The van der Waals surface area contributed by atoms with Gasteiger partial charge in [0.25, 0.3) is 0 Å². The molecule has 5 nitrogen and oxygen atoms in total. The van der Waals surface area contributed by atoms with Crippen LogP contribution in [0.15, 0.2) is 34.8 Å². The SMILES string of the molecule is COc1nc(Oc2ccc(Br)c(C=O)c2)ccc1C#N. The van der Waals surface area contributed by atoms with Crippen molar-refractivity contribution in [2.75, 3.05) is 7.11 Å². The van der Waals surface area contributed by atoms with Crippen LogP contribution in [-0.4, -0.2) is 18.4 Å². The van der Waals surface area contributed by atoms with Crippen molar-refractivity contribution >= 4 is 22.2 Å². The summed E-state index contributed by atoms with van der Waals surface area (Å²) in [5.74, 6) is 0.937. The minimum absolute atomic E-state index is 0.192. The van der Waals surface area contributed by atoms with Crippen LogP contribution in [-0.2, 0) is 0 Å². The van der Waals surface area contributed by atoms with Crippen LogP contribution in [0.5, 0.6) is 17.5 Å². The summed E-state index contributed by atoms with van der Waals surface area (Å²) >= 11 is 3.26. The highest BCUT2D eigenvalue weighted by molar-refractivity contribution is 9.10. The van der Waals surface area contributed by atoms with Crippen LogP contribution < -0.4 is 9.47 Å². The van der Waals surface area contributed by atoms with E-state index >= 15 is 0 Å². The third kappa shape index (κ3) is 2.95. The Morgan fingerprint density at radius 2 is 2.15 bits per heavy atom. The second-order valence-electron chi connectivity index (χ2n) is 3.72. The largest absolute Gasteiger partial charge is 0.480 e. The number of aldehydes is 1. The van der Waals surface area contributed by atoms with Crippen LogP contribution in [0, 0.1) is 11.3 Å². The van der Waals surface area contributed by atoms with Crippen molar-refractivity contribution in [3.8, 4) is 23.6 Å². The van der Waals surface area contributed by atoms with Gasteiger partial charge in [0.15, 0.2) is 6.29 Å². The first kappa shape index (κ1) is 14.0. The van der Waals surface area contributed by atoms with Gasteiger partial charge in [-0.15, -0.1) is 0 Å². The molecule has 1 heterocycles. The van der Waals surface area contributed by atoms with Gasteiger partial charge in [-0.05, 0) is 24.3 Å². The third-order valence-corrected chi connectivity index (χ3v) is 3.19. The van der Waals surface area contributed by atoms with E-state index in [1.165, 1.54) is 7.11 Å². The summed E-state index contributed by atoms with van der Waals surface area (Å²) in [7, 11) is 1.43. The van der Waals surface area contributed by atoms with Crippen molar-refractivity contribution in [2.24, 2.45) is 0 Å². The molecule has 0 aliphatic rings. The highest BCUT2D eigenvalue weighted by atomic mass is 79.9. The quantitative estimate of drug-likeness (QED) is 0.803. The molecule has 1 aromatic carbocycles. The number of nitrogens with zero attached hydrogens (tertiary/aromatic N) is 2. The number of aromatic nitrogens is 1. The normalized spacial score (nSPS) is 9.65. The van der Waals surface area contributed by atoms with Gasteiger partial charge in [-0.2, -0.15) is 10.2 Å². The van der Waals surface area contributed by atoms with E-state index in [0.717, 1.165) is 6.29 Å². The van der Waals surface area contributed by atoms with Gasteiger partial charge in [0.05, 0.1) is 7.11 Å². The first-order valence-corrected chi connectivity index (χ1v) is 6.35. The zero-order valence-electron chi connectivity index (χ0n) is 10.5. The highest BCUT2D eigenvalue weighted by Gasteiger charge is 2.08. The fourth-order valence-corrected chi connectivity index (χ4v) is 1.86. The molecule has 20 heavy (non-hydrogen) atoms. The molecular weight excluding hydrogens is 324 g/mol. The number of nitriles is 1. The smallest absolute Gasteiger partial charge is 0.234 e. The second kappa shape index (κ2) is 6.17. The average Bonchev–Trinajstić information content (AvgIpc) is 2.49. The predicted molar refractivity (Wildman–Crippen MR) is 75.1 cm³/mol. The van der Waals surface area contributed by atoms with Crippen LogP contribution in [0.4, 0.5) is 0 Å². The maximum atomic E-state index is 10.9. The molecule has 0 unspecified atom stereocenters. The molecule has 0 bridgehead atoms. The van der Waals surface area contributed by atoms with Crippen LogP contribution >= 0.6 is 15.9 Å². The molecule has 0 saturated heterocycles. The van der Waals surface area contributed by atoms with Crippen molar-refractivity contribution in [3.05, 3.63) is 45.9 Å².